The van der Waals surface area contributed by atoms with Crippen molar-refractivity contribution in [3.05, 3.63) is 30.1 Å². The third-order valence-electron chi connectivity index (χ3n) is 3.28. The lowest BCUT2D eigenvalue weighted by molar-refractivity contribution is -0.130. The first-order chi connectivity index (χ1) is 8.18. The number of pyridine rings is 1. The number of aromatic nitrogens is 1. The van der Waals surface area contributed by atoms with Gasteiger partial charge in [-0.05, 0) is 37.5 Å². The molecule has 1 N–H and O–H groups in total. The zero-order valence-corrected chi connectivity index (χ0v) is 10.4. The summed E-state index contributed by atoms with van der Waals surface area (Å²) in [5.41, 5.74) is 1.11. The number of amides is 1. The summed E-state index contributed by atoms with van der Waals surface area (Å²) in [4.78, 5) is 17.7. The normalized spacial score (nSPS) is 16.6. The Hall–Kier alpha value is -1.42. The molecule has 0 aromatic carbocycles. The number of carbonyl (C=O) groups is 1. The van der Waals surface area contributed by atoms with Crippen molar-refractivity contribution in [1.29, 1.82) is 0 Å². The van der Waals surface area contributed by atoms with Crippen LogP contribution in [0.3, 0.4) is 0 Å². The Balaban J connectivity index is 1.89. The standard InChI is InChI=1S/C13H19N3O/c1-10(11-5-7-14-8-6-11)16(2)13(17)9-15-12-3-4-12/h5-8,10,12,15H,3-4,9H2,1-2H3. The Morgan fingerprint density at radius 1 is 1.53 bits per heavy atom. The van der Waals surface area contributed by atoms with Gasteiger partial charge in [0.05, 0.1) is 12.6 Å². The molecule has 1 amide bonds. The highest BCUT2D eigenvalue weighted by Crippen LogP contribution is 2.19. The van der Waals surface area contributed by atoms with E-state index in [0.717, 1.165) is 5.56 Å². The Morgan fingerprint density at radius 3 is 2.76 bits per heavy atom. The molecule has 1 aliphatic carbocycles. The minimum absolute atomic E-state index is 0.0894. The number of carbonyl (C=O) groups excluding carboxylic acids is 1. The molecule has 1 fully saturated rings. The number of nitrogens with one attached hydrogen (secondary N) is 1. The lowest BCUT2D eigenvalue weighted by atomic mass is 10.1. The predicted molar refractivity (Wildman–Crippen MR) is 66.4 cm³/mol. The fraction of sp³-hybridized carbons (Fsp3) is 0.538. The average Bonchev–Trinajstić information content (AvgIpc) is 3.19. The highest BCUT2D eigenvalue weighted by Gasteiger charge is 2.23. The number of hydrogen-bond donors (Lipinski definition) is 1. The first kappa shape index (κ1) is 12.0. The molecule has 4 heteroatoms. The fourth-order valence-corrected chi connectivity index (χ4v) is 1.73. The van der Waals surface area contributed by atoms with E-state index in [9.17, 15) is 4.79 Å². The van der Waals surface area contributed by atoms with Crippen molar-refractivity contribution < 1.29 is 4.79 Å². The van der Waals surface area contributed by atoms with Crippen molar-refractivity contribution in [2.75, 3.05) is 13.6 Å². The zero-order chi connectivity index (χ0) is 12.3. The second kappa shape index (κ2) is 5.27. The molecule has 4 nitrogen and oxygen atoms in total. The third kappa shape index (κ3) is 3.27. The van der Waals surface area contributed by atoms with Gasteiger partial charge in [0.25, 0.3) is 0 Å². The highest BCUT2D eigenvalue weighted by atomic mass is 16.2. The van der Waals surface area contributed by atoms with E-state index in [1.807, 2.05) is 26.1 Å². The van der Waals surface area contributed by atoms with Crippen molar-refractivity contribution >= 4 is 5.91 Å². The predicted octanol–water partition coefficient (Wildman–Crippen LogP) is 1.35. The molecule has 1 aromatic heterocycles. The van der Waals surface area contributed by atoms with Crippen molar-refractivity contribution in [3.8, 4) is 0 Å². The van der Waals surface area contributed by atoms with Crippen LogP contribution >= 0.6 is 0 Å². The molecule has 1 saturated carbocycles. The van der Waals surface area contributed by atoms with Gasteiger partial charge in [0.1, 0.15) is 0 Å². The molecule has 92 valence electrons. The van der Waals surface area contributed by atoms with Crippen LogP contribution in [0.25, 0.3) is 0 Å². The van der Waals surface area contributed by atoms with Crippen LogP contribution in [0, 0.1) is 0 Å². The van der Waals surface area contributed by atoms with Crippen LogP contribution < -0.4 is 5.32 Å². The van der Waals surface area contributed by atoms with Gasteiger partial charge in [-0.25, -0.2) is 0 Å². The van der Waals surface area contributed by atoms with E-state index in [4.69, 9.17) is 0 Å². The molecule has 1 heterocycles. The summed E-state index contributed by atoms with van der Waals surface area (Å²) in [6.45, 7) is 2.47. The Kier molecular flexibility index (Phi) is 3.74. The summed E-state index contributed by atoms with van der Waals surface area (Å²) >= 11 is 0. The summed E-state index contributed by atoms with van der Waals surface area (Å²) in [5.74, 6) is 0.140. The van der Waals surface area contributed by atoms with Crippen molar-refractivity contribution in [3.63, 3.8) is 0 Å². The molecule has 0 aliphatic heterocycles. The summed E-state index contributed by atoms with van der Waals surface area (Å²) < 4.78 is 0. The maximum atomic E-state index is 11.9. The van der Waals surface area contributed by atoms with Gasteiger partial charge in [0.2, 0.25) is 5.91 Å². The van der Waals surface area contributed by atoms with Crippen molar-refractivity contribution in [1.82, 2.24) is 15.2 Å². The van der Waals surface area contributed by atoms with E-state index in [-0.39, 0.29) is 11.9 Å². The fourth-order valence-electron chi connectivity index (χ4n) is 1.73. The topological polar surface area (TPSA) is 45.2 Å². The molecular weight excluding hydrogens is 214 g/mol. The minimum Gasteiger partial charge on any atom is -0.338 e. The Bertz CT molecular complexity index is 376. The summed E-state index contributed by atoms with van der Waals surface area (Å²) in [6, 6.07) is 4.56. The van der Waals surface area contributed by atoms with Crippen LogP contribution in [0.4, 0.5) is 0 Å². The molecule has 1 aromatic rings. The maximum Gasteiger partial charge on any atom is 0.236 e. The largest absolute Gasteiger partial charge is 0.338 e. The Labute approximate surface area is 102 Å². The maximum absolute atomic E-state index is 11.9. The van der Waals surface area contributed by atoms with E-state index in [0.29, 0.717) is 12.6 Å². The SMILES string of the molecule is CC(c1ccncc1)N(C)C(=O)CNC1CC1. The number of likely N-dealkylation sites (N-methyl/N-ethyl adjacent to an activating group) is 1. The van der Waals surface area contributed by atoms with Crippen LogP contribution in [0.2, 0.25) is 0 Å². The first-order valence-corrected chi connectivity index (χ1v) is 6.07. The van der Waals surface area contributed by atoms with E-state index < -0.39 is 0 Å². The number of rotatable bonds is 5. The van der Waals surface area contributed by atoms with Gasteiger partial charge in [-0.3, -0.25) is 9.78 Å². The number of hydrogen-bond acceptors (Lipinski definition) is 3. The lowest BCUT2D eigenvalue weighted by Gasteiger charge is -2.25. The molecular formula is C13H19N3O. The second-order valence-corrected chi connectivity index (χ2v) is 4.62. The summed E-state index contributed by atoms with van der Waals surface area (Å²) in [5, 5.41) is 3.24. The highest BCUT2D eigenvalue weighted by molar-refractivity contribution is 5.78. The van der Waals surface area contributed by atoms with Gasteiger partial charge in [-0.1, -0.05) is 0 Å². The molecule has 2 rings (SSSR count). The van der Waals surface area contributed by atoms with Crippen LogP contribution in [-0.2, 0) is 4.79 Å². The van der Waals surface area contributed by atoms with Crippen LogP contribution in [0.5, 0.6) is 0 Å². The van der Waals surface area contributed by atoms with Gasteiger partial charge in [-0.2, -0.15) is 0 Å². The molecule has 1 aliphatic rings. The molecule has 0 radical (unpaired) electrons. The van der Waals surface area contributed by atoms with E-state index in [2.05, 4.69) is 10.3 Å². The Morgan fingerprint density at radius 2 is 2.18 bits per heavy atom. The lowest BCUT2D eigenvalue weighted by Crippen LogP contribution is -2.37. The first-order valence-electron chi connectivity index (χ1n) is 6.07. The van der Waals surface area contributed by atoms with Crippen LogP contribution in [0.15, 0.2) is 24.5 Å². The quantitative estimate of drug-likeness (QED) is 0.835. The molecule has 0 spiro atoms. The molecule has 17 heavy (non-hydrogen) atoms. The molecule has 0 bridgehead atoms. The van der Waals surface area contributed by atoms with Crippen LogP contribution in [-0.4, -0.2) is 35.4 Å². The number of nitrogens with zero attached hydrogens (tertiary/aromatic N) is 2. The minimum atomic E-state index is 0.0894. The third-order valence-corrected chi connectivity index (χ3v) is 3.28. The average molecular weight is 233 g/mol. The van der Waals surface area contributed by atoms with Crippen molar-refractivity contribution in [2.24, 2.45) is 0 Å². The van der Waals surface area contributed by atoms with E-state index in [1.165, 1.54) is 12.8 Å². The smallest absolute Gasteiger partial charge is 0.236 e. The molecule has 1 atom stereocenters. The molecule has 1 unspecified atom stereocenters. The van der Waals surface area contributed by atoms with Gasteiger partial charge in [0.15, 0.2) is 0 Å². The van der Waals surface area contributed by atoms with Crippen molar-refractivity contribution in [2.45, 2.75) is 31.8 Å². The summed E-state index contributed by atoms with van der Waals surface area (Å²) in [7, 11) is 1.85. The van der Waals surface area contributed by atoms with Gasteiger partial charge >= 0.3 is 0 Å². The van der Waals surface area contributed by atoms with E-state index >= 15 is 0 Å². The monoisotopic (exact) mass is 233 g/mol. The molecule has 0 saturated heterocycles. The summed E-state index contributed by atoms with van der Waals surface area (Å²) in [6.07, 6.45) is 5.92. The van der Waals surface area contributed by atoms with E-state index in [1.54, 1.807) is 17.3 Å². The van der Waals surface area contributed by atoms with Gasteiger partial charge < -0.3 is 10.2 Å². The van der Waals surface area contributed by atoms with Gasteiger partial charge in [0, 0.05) is 25.5 Å². The second-order valence-electron chi connectivity index (χ2n) is 4.62. The zero-order valence-electron chi connectivity index (χ0n) is 10.4. The van der Waals surface area contributed by atoms with Gasteiger partial charge in [-0.15, -0.1) is 0 Å². The van der Waals surface area contributed by atoms with Crippen LogP contribution in [0.1, 0.15) is 31.4 Å².